The number of nitrogens with one attached hydrogen (secondary N) is 1. The molecule has 152 valence electrons. The Labute approximate surface area is 167 Å². The standard InChI is InChI=1S/C20H13F3N4O3/c21-20(22,23)30-13-8-6-11(7-9-13)10-14-16-15(19(29)25-18(14)28)17(24)27(26-16)12-4-2-1-3-5-12/h1-10H,24H2,(H,25,28,29)/b14-10+. The first-order valence-electron chi connectivity index (χ1n) is 8.60. The van der Waals surface area contributed by atoms with Gasteiger partial charge < -0.3 is 10.5 Å². The summed E-state index contributed by atoms with van der Waals surface area (Å²) in [5.74, 6) is -1.71. The number of halogens is 3. The van der Waals surface area contributed by atoms with Crippen molar-refractivity contribution in [2.24, 2.45) is 0 Å². The van der Waals surface area contributed by atoms with Crippen LogP contribution in [0.1, 0.15) is 21.6 Å². The molecule has 1 aromatic heterocycles. The zero-order valence-corrected chi connectivity index (χ0v) is 15.1. The van der Waals surface area contributed by atoms with Crippen LogP contribution >= 0.6 is 0 Å². The van der Waals surface area contributed by atoms with Gasteiger partial charge in [0.2, 0.25) is 0 Å². The molecule has 7 nitrogen and oxygen atoms in total. The number of anilines is 1. The zero-order valence-electron chi connectivity index (χ0n) is 15.1. The molecule has 2 aromatic carbocycles. The van der Waals surface area contributed by atoms with E-state index in [9.17, 15) is 22.8 Å². The zero-order chi connectivity index (χ0) is 21.5. The number of alkyl halides is 3. The van der Waals surface area contributed by atoms with Crippen LogP contribution in [0.4, 0.5) is 19.0 Å². The summed E-state index contributed by atoms with van der Waals surface area (Å²) < 4.78 is 42.1. The van der Waals surface area contributed by atoms with Gasteiger partial charge in [-0.3, -0.25) is 14.9 Å². The fourth-order valence-electron chi connectivity index (χ4n) is 3.02. The third-order valence-electron chi connectivity index (χ3n) is 4.30. The van der Waals surface area contributed by atoms with Gasteiger partial charge in [0.05, 0.1) is 11.3 Å². The van der Waals surface area contributed by atoms with Gasteiger partial charge in [0, 0.05) is 0 Å². The van der Waals surface area contributed by atoms with Crippen LogP contribution in [-0.4, -0.2) is 28.0 Å². The minimum Gasteiger partial charge on any atom is -0.406 e. The molecule has 10 heteroatoms. The highest BCUT2D eigenvalue weighted by Crippen LogP contribution is 2.31. The molecule has 1 aliphatic heterocycles. The summed E-state index contributed by atoms with van der Waals surface area (Å²) in [7, 11) is 0. The van der Waals surface area contributed by atoms with E-state index in [1.54, 1.807) is 30.3 Å². The maximum absolute atomic E-state index is 12.4. The van der Waals surface area contributed by atoms with Crippen LogP contribution < -0.4 is 15.8 Å². The number of hydrogen-bond acceptors (Lipinski definition) is 5. The Morgan fingerprint density at radius 1 is 1.00 bits per heavy atom. The van der Waals surface area contributed by atoms with Crippen LogP contribution in [0.3, 0.4) is 0 Å². The molecular weight excluding hydrogens is 401 g/mol. The van der Waals surface area contributed by atoms with Crippen molar-refractivity contribution in [3.05, 3.63) is 71.4 Å². The molecule has 0 bridgehead atoms. The topological polar surface area (TPSA) is 99.2 Å². The number of amides is 2. The average molecular weight is 414 g/mol. The van der Waals surface area contributed by atoms with Crippen molar-refractivity contribution in [3.8, 4) is 11.4 Å². The number of carbonyl (C=O) groups is 2. The summed E-state index contributed by atoms with van der Waals surface area (Å²) in [5.41, 5.74) is 7.28. The minimum atomic E-state index is -4.81. The van der Waals surface area contributed by atoms with E-state index in [1.165, 1.54) is 22.9 Å². The van der Waals surface area contributed by atoms with Gasteiger partial charge in [0.15, 0.2) is 0 Å². The predicted octanol–water partition coefficient (Wildman–Crippen LogP) is 3.16. The number of aromatic nitrogens is 2. The second-order valence-corrected chi connectivity index (χ2v) is 6.31. The van der Waals surface area contributed by atoms with Gasteiger partial charge in [-0.2, -0.15) is 5.10 Å². The lowest BCUT2D eigenvalue weighted by Gasteiger charge is -2.14. The lowest BCUT2D eigenvalue weighted by molar-refractivity contribution is -0.274. The molecular formula is C20H13F3N4O3. The molecule has 0 radical (unpaired) electrons. The summed E-state index contributed by atoms with van der Waals surface area (Å²) in [5, 5.41) is 6.53. The molecule has 30 heavy (non-hydrogen) atoms. The van der Waals surface area contributed by atoms with Crippen LogP contribution in [0, 0.1) is 0 Å². The van der Waals surface area contributed by atoms with Crippen LogP contribution in [-0.2, 0) is 4.79 Å². The third kappa shape index (κ3) is 3.62. The maximum Gasteiger partial charge on any atom is 0.573 e. The minimum absolute atomic E-state index is 0.0433. The number of nitrogens with zero attached hydrogens (tertiary/aromatic N) is 2. The van der Waals surface area contributed by atoms with E-state index in [4.69, 9.17) is 5.73 Å². The lowest BCUT2D eigenvalue weighted by atomic mass is 10.00. The van der Waals surface area contributed by atoms with Gasteiger partial charge in [-0.25, -0.2) is 4.68 Å². The van der Waals surface area contributed by atoms with Crippen LogP contribution in [0.15, 0.2) is 54.6 Å². The molecule has 0 fully saturated rings. The van der Waals surface area contributed by atoms with E-state index in [2.05, 4.69) is 15.2 Å². The highest BCUT2D eigenvalue weighted by molar-refractivity contribution is 6.34. The lowest BCUT2D eigenvalue weighted by Crippen LogP contribution is -2.36. The first kappa shape index (κ1) is 19.2. The Kier molecular flexibility index (Phi) is 4.53. The Balaban J connectivity index is 1.76. The van der Waals surface area contributed by atoms with E-state index in [-0.39, 0.29) is 22.6 Å². The van der Waals surface area contributed by atoms with Gasteiger partial charge in [-0.05, 0) is 35.9 Å². The molecule has 2 amide bonds. The van der Waals surface area contributed by atoms with E-state index >= 15 is 0 Å². The Morgan fingerprint density at radius 3 is 2.30 bits per heavy atom. The quantitative estimate of drug-likeness (QED) is 0.507. The third-order valence-corrected chi connectivity index (χ3v) is 4.30. The summed E-state index contributed by atoms with van der Waals surface area (Å²) in [6.45, 7) is 0. The molecule has 2 heterocycles. The van der Waals surface area contributed by atoms with Crippen molar-refractivity contribution in [1.29, 1.82) is 0 Å². The molecule has 1 aliphatic rings. The van der Waals surface area contributed by atoms with Gasteiger partial charge >= 0.3 is 6.36 Å². The molecule has 0 saturated carbocycles. The fourth-order valence-corrected chi connectivity index (χ4v) is 3.02. The number of nitrogen functional groups attached to an aromatic ring is 1. The number of ether oxygens (including phenoxy) is 1. The number of imide groups is 1. The maximum atomic E-state index is 12.4. The first-order valence-corrected chi connectivity index (χ1v) is 8.60. The largest absolute Gasteiger partial charge is 0.573 e. The second-order valence-electron chi connectivity index (χ2n) is 6.31. The van der Waals surface area contributed by atoms with Gasteiger partial charge in [-0.1, -0.05) is 30.3 Å². The van der Waals surface area contributed by atoms with Crippen molar-refractivity contribution in [3.63, 3.8) is 0 Å². The fraction of sp³-hybridized carbons (Fsp3) is 0.0500. The first-order chi connectivity index (χ1) is 14.2. The number of nitrogens with two attached hydrogens (primary N) is 1. The molecule has 0 aliphatic carbocycles. The van der Waals surface area contributed by atoms with Crippen LogP contribution in [0.5, 0.6) is 5.75 Å². The van der Waals surface area contributed by atoms with E-state index in [0.717, 1.165) is 12.1 Å². The second kappa shape index (κ2) is 7.07. The highest BCUT2D eigenvalue weighted by Gasteiger charge is 2.34. The molecule has 0 unspecified atom stereocenters. The van der Waals surface area contributed by atoms with Gasteiger partial charge in [0.1, 0.15) is 22.8 Å². The number of rotatable bonds is 3. The molecule has 0 spiro atoms. The number of fused-ring (bicyclic) bond motifs is 1. The Hall–Kier alpha value is -4.08. The summed E-state index contributed by atoms with van der Waals surface area (Å²) in [6.07, 6.45) is -3.40. The average Bonchev–Trinajstić information content (AvgIpc) is 3.03. The molecule has 0 saturated heterocycles. The van der Waals surface area contributed by atoms with E-state index < -0.39 is 23.9 Å². The van der Waals surface area contributed by atoms with Crippen LogP contribution in [0.25, 0.3) is 17.3 Å². The van der Waals surface area contributed by atoms with Crippen molar-refractivity contribution >= 4 is 29.3 Å². The van der Waals surface area contributed by atoms with Gasteiger partial charge in [0.25, 0.3) is 11.8 Å². The van der Waals surface area contributed by atoms with E-state index in [0.29, 0.717) is 11.3 Å². The Bertz CT molecular complexity index is 1170. The number of para-hydroxylation sites is 1. The van der Waals surface area contributed by atoms with Crippen molar-refractivity contribution in [2.75, 3.05) is 5.73 Å². The van der Waals surface area contributed by atoms with Crippen molar-refractivity contribution in [1.82, 2.24) is 15.1 Å². The SMILES string of the molecule is Nc1c2c(nn1-c1ccccc1)/C(=C\c1ccc(OC(F)(F)F)cc1)C(=O)NC2=O. The predicted molar refractivity (Wildman–Crippen MR) is 101 cm³/mol. The normalized spacial score (nSPS) is 15.1. The van der Waals surface area contributed by atoms with Crippen molar-refractivity contribution < 1.29 is 27.5 Å². The van der Waals surface area contributed by atoms with Crippen LogP contribution in [0.2, 0.25) is 0 Å². The molecule has 4 rings (SSSR count). The van der Waals surface area contributed by atoms with E-state index in [1.807, 2.05) is 0 Å². The smallest absolute Gasteiger partial charge is 0.406 e. The monoisotopic (exact) mass is 414 g/mol. The molecule has 3 N–H and O–H groups in total. The number of benzene rings is 2. The number of carbonyl (C=O) groups excluding carboxylic acids is 2. The summed E-state index contributed by atoms with van der Waals surface area (Å²) in [6, 6.07) is 13.7. The summed E-state index contributed by atoms with van der Waals surface area (Å²) in [4.78, 5) is 24.7. The van der Waals surface area contributed by atoms with Gasteiger partial charge in [-0.15, -0.1) is 13.2 Å². The van der Waals surface area contributed by atoms with Crippen molar-refractivity contribution in [2.45, 2.75) is 6.36 Å². The highest BCUT2D eigenvalue weighted by atomic mass is 19.4. The molecule has 0 atom stereocenters. The Morgan fingerprint density at radius 2 is 1.67 bits per heavy atom. The summed E-state index contributed by atoms with van der Waals surface area (Å²) >= 11 is 0. The molecule has 3 aromatic rings. The number of hydrogen-bond donors (Lipinski definition) is 2.